The molecule has 7 heteroatoms. The van der Waals surface area contributed by atoms with Crippen LogP contribution in [0, 0.1) is 11.8 Å². The molecule has 2 unspecified atom stereocenters. The molecular weight excluding hydrogens is 306 g/mol. The number of aliphatic carboxylic acids is 1. The molecule has 1 aromatic heterocycles. The first-order valence-electron chi connectivity index (χ1n) is 7.35. The SMILES string of the molecule is CC(C)c1ncc(Cl)c(C(=O)N2CCC(C(=O)O)C(C)C2)n1. The van der Waals surface area contributed by atoms with Crippen LogP contribution in [0.4, 0.5) is 0 Å². The lowest BCUT2D eigenvalue weighted by atomic mass is 9.87. The standard InChI is InChI=1S/C15H20ClN3O3/c1-8(2)13-17-6-11(16)12(18-13)14(20)19-5-4-10(15(21)22)9(3)7-19/h6,8-10H,4-5,7H2,1-3H3,(H,21,22). The van der Waals surface area contributed by atoms with Crippen molar-refractivity contribution < 1.29 is 14.7 Å². The number of hydrogen-bond donors (Lipinski definition) is 1. The van der Waals surface area contributed by atoms with Crippen LogP contribution in [0.3, 0.4) is 0 Å². The molecule has 2 rings (SSSR count). The van der Waals surface area contributed by atoms with Crippen LogP contribution in [0.2, 0.25) is 5.02 Å². The van der Waals surface area contributed by atoms with Gasteiger partial charge in [0.15, 0.2) is 5.69 Å². The van der Waals surface area contributed by atoms with E-state index in [1.165, 1.54) is 6.20 Å². The number of carboxylic acid groups (broad SMARTS) is 1. The highest BCUT2D eigenvalue weighted by Crippen LogP contribution is 2.26. The molecule has 1 aromatic rings. The van der Waals surface area contributed by atoms with Gasteiger partial charge in [-0.15, -0.1) is 0 Å². The molecule has 1 aliphatic rings. The van der Waals surface area contributed by atoms with E-state index in [9.17, 15) is 9.59 Å². The van der Waals surface area contributed by atoms with Gasteiger partial charge in [-0.1, -0.05) is 32.4 Å². The summed E-state index contributed by atoms with van der Waals surface area (Å²) in [5.41, 5.74) is 0.196. The summed E-state index contributed by atoms with van der Waals surface area (Å²) >= 11 is 6.06. The van der Waals surface area contributed by atoms with Crippen molar-refractivity contribution in [2.24, 2.45) is 11.8 Å². The average Bonchev–Trinajstić information content (AvgIpc) is 2.46. The number of carboxylic acids is 1. The lowest BCUT2D eigenvalue weighted by Crippen LogP contribution is -2.45. The Hall–Kier alpha value is -1.69. The number of carbonyl (C=O) groups is 2. The monoisotopic (exact) mass is 325 g/mol. The van der Waals surface area contributed by atoms with Crippen molar-refractivity contribution in [2.45, 2.75) is 33.1 Å². The highest BCUT2D eigenvalue weighted by molar-refractivity contribution is 6.33. The van der Waals surface area contributed by atoms with Crippen LogP contribution in [0.25, 0.3) is 0 Å². The molecule has 120 valence electrons. The molecule has 0 aromatic carbocycles. The van der Waals surface area contributed by atoms with Crippen molar-refractivity contribution in [2.75, 3.05) is 13.1 Å². The average molecular weight is 326 g/mol. The van der Waals surface area contributed by atoms with Crippen molar-refractivity contribution in [3.8, 4) is 0 Å². The highest BCUT2D eigenvalue weighted by Gasteiger charge is 2.34. The number of aromatic nitrogens is 2. The van der Waals surface area contributed by atoms with Crippen molar-refractivity contribution in [3.63, 3.8) is 0 Å². The fraction of sp³-hybridized carbons (Fsp3) is 0.600. The first kappa shape index (κ1) is 16.7. The van der Waals surface area contributed by atoms with E-state index in [0.29, 0.717) is 25.3 Å². The quantitative estimate of drug-likeness (QED) is 0.922. The Bertz CT molecular complexity index is 591. The van der Waals surface area contributed by atoms with Crippen LogP contribution in [0.5, 0.6) is 0 Å². The molecule has 2 atom stereocenters. The fourth-order valence-corrected chi connectivity index (χ4v) is 2.83. The van der Waals surface area contributed by atoms with E-state index in [1.807, 2.05) is 20.8 Å². The lowest BCUT2D eigenvalue weighted by molar-refractivity contribution is -0.145. The van der Waals surface area contributed by atoms with Gasteiger partial charge in [0, 0.05) is 19.0 Å². The van der Waals surface area contributed by atoms with Gasteiger partial charge >= 0.3 is 5.97 Å². The van der Waals surface area contributed by atoms with Crippen LogP contribution in [-0.4, -0.2) is 44.9 Å². The van der Waals surface area contributed by atoms with E-state index < -0.39 is 11.9 Å². The molecule has 1 aliphatic heterocycles. The Balaban J connectivity index is 2.19. The number of halogens is 1. The summed E-state index contributed by atoms with van der Waals surface area (Å²) in [5.74, 6) is -0.898. The van der Waals surface area contributed by atoms with Gasteiger partial charge in [-0.25, -0.2) is 9.97 Å². The van der Waals surface area contributed by atoms with Gasteiger partial charge in [-0.3, -0.25) is 9.59 Å². The summed E-state index contributed by atoms with van der Waals surface area (Å²) in [5, 5.41) is 9.37. The van der Waals surface area contributed by atoms with Crippen molar-refractivity contribution in [1.82, 2.24) is 14.9 Å². The van der Waals surface area contributed by atoms with Crippen LogP contribution in [0.1, 0.15) is 49.4 Å². The zero-order chi connectivity index (χ0) is 16.4. The fourth-order valence-electron chi connectivity index (χ4n) is 2.66. The van der Waals surface area contributed by atoms with E-state index in [-0.39, 0.29) is 28.5 Å². The Kier molecular flexibility index (Phi) is 5.01. The molecule has 0 aliphatic carbocycles. The minimum Gasteiger partial charge on any atom is -0.481 e. The Morgan fingerprint density at radius 3 is 2.68 bits per heavy atom. The Morgan fingerprint density at radius 1 is 1.45 bits per heavy atom. The third-order valence-electron chi connectivity index (χ3n) is 3.99. The van der Waals surface area contributed by atoms with E-state index in [0.717, 1.165) is 0 Å². The normalized spacial score (nSPS) is 22.0. The summed E-state index contributed by atoms with van der Waals surface area (Å²) < 4.78 is 0. The second kappa shape index (κ2) is 6.60. The second-order valence-electron chi connectivity index (χ2n) is 6.04. The minimum atomic E-state index is -0.804. The van der Waals surface area contributed by atoms with Gasteiger partial charge in [0.1, 0.15) is 5.82 Å². The van der Waals surface area contributed by atoms with Crippen LogP contribution < -0.4 is 0 Å². The molecule has 0 bridgehead atoms. The van der Waals surface area contributed by atoms with Gasteiger partial charge < -0.3 is 10.0 Å². The number of hydrogen-bond acceptors (Lipinski definition) is 4. The molecule has 1 saturated heterocycles. The minimum absolute atomic E-state index is 0.0969. The summed E-state index contributed by atoms with van der Waals surface area (Å²) in [6.45, 7) is 6.53. The third-order valence-corrected chi connectivity index (χ3v) is 4.27. The predicted molar refractivity (Wildman–Crippen MR) is 81.9 cm³/mol. The first-order valence-corrected chi connectivity index (χ1v) is 7.73. The largest absolute Gasteiger partial charge is 0.481 e. The molecule has 0 saturated carbocycles. The molecule has 0 spiro atoms. The lowest BCUT2D eigenvalue weighted by Gasteiger charge is -2.34. The zero-order valence-electron chi connectivity index (χ0n) is 12.9. The number of nitrogens with zero attached hydrogens (tertiary/aromatic N) is 3. The summed E-state index contributed by atoms with van der Waals surface area (Å²) in [6.07, 6.45) is 1.90. The predicted octanol–water partition coefficient (Wildman–Crippen LogP) is 2.44. The maximum absolute atomic E-state index is 12.6. The number of piperidine rings is 1. The maximum Gasteiger partial charge on any atom is 0.306 e. The molecule has 1 amide bonds. The molecule has 22 heavy (non-hydrogen) atoms. The first-order chi connectivity index (χ1) is 10.3. The van der Waals surface area contributed by atoms with Gasteiger partial charge in [0.05, 0.1) is 17.1 Å². The Labute approximate surface area is 134 Å². The van der Waals surface area contributed by atoms with E-state index >= 15 is 0 Å². The zero-order valence-corrected chi connectivity index (χ0v) is 13.7. The van der Waals surface area contributed by atoms with Gasteiger partial charge in [0.25, 0.3) is 5.91 Å². The van der Waals surface area contributed by atoms with Crippen LogP contribution >= 0.6 is 11.6 Å². The molecule has 1 fully saturated rings. The van der Waals surface area contributed by atoms with Gasteiger partial charge in [-0.05, 0) is 12.3 Å². The van der Waals surface area contributed by atoms with Gasteiger partial charge in [-0.2, -0.15) is 0 Å². The molecule has 1 N–H and O–H groups in total. The van der Waals surface area contributed by atoms with Crippen molar-refractivity contribution in [1.29, 1.82) is 0 Å². The number of amides is 1. The number of carbonyl (C=O) groups excluding carboxylic acids is 1. The molecule has 6 nitrogen and oxygen atoms in total. The molecule has 2 heterocycles. The number of likely N-dealkylation sites (tertiary alicyclic amines) is 1. The van der Waals surface area contributed by atoms with E-state index in [2.05, 4.69) is 9.97 Å². The van der Waals surface area contributed by atoms with Crippen LogP contribution in [-0.2, 0) is 4.79 Å². The second-order valence-corrected chi connectivity index (χ2v) is 6.45. The molecular formula is C15H20ClN3O3. The molecule has 0 radical (unpaired) electrons. The van der Waals surface area contributed by atoms with E-state index in [1.54, 1.807) is 4.90 Å². The van der Waals surface area contributed by atoms with Crippen molar-refractivity contribution in [3.05, 3.63) is 22.7 Å². The highest BCUT2D eigenvalue weighted by atomic mass is 35.5. The summed E-state index contributed by atoms with van der Waals surface area (Å²) in [6, 6.07) is 0. The van der Waals surface area contributed by atoms with E-state index in [4.69, 9.17) is 16.7 Å². The van der Waals surface area contributed by atoms with Crippen LogP contribution in [0.15, 0.2) is 6.20 Å². The summed E-state index contributed by atoms with van der Waals surface area (Å²) in [7, 11) is 0. The summed E-state index contributed by atoms with van der Waals surface area (Å²) in [4.78, 5) is 33.8. The van der Waals surface area contributed by atoms with Crippen molar-refractivity contribution >= 4 is 23.5 Å². The Morgan fingerprint density at radius 2 is 2.14 bits per heavy atom. The smallest absolute Gasteiger partial charge is 0.306 e. The number of rotatable bonds is 3. The van der Waals surface area contributed by atoms with Gasteiger partial charge in [0.2, 0.25) is 0 Å². The topological polar surface area (TPSA) is 83.4 Å². The third kappa shape index (κ3) is 3.38. The maximum atomic E-state index is 12.6.